The van der Waals surface area contributed by atoms with Gasteiger partial charge in [-0.25, -0.2) is 4.79 Å². The maximum atomic E-state index is 12.7. The van der Waals surface area contributed by atoms with E-state index in [0.717, 1.165) is 0 Å². The minimum absolute atomic E-state index is 0.131. The van der Waals surface area contributed by atoms with E-state index in [-0.39, 0.29) is 12.2 Å². The van der Waals surface area contributed by atoms with Gasteiger partial charge in [-0.3, -0.25) is 0 Å². The molecule has 0 amide bonds. The molecule has 0 spiro atoms. The fraction of sp³-hybridized carbons (Fsp3) is 0.462. The lowest BCUT2D eigenvalue weighted by Crippen LogP contribution is -2.35. The van der Waals surface area contributed by atoms with E-state index >= 15 is 0 Å². The average Bonchev–Trinajstić information content (AvgIpc) is 2.69. The van der Waals surface area contributed by atoms with Gasteiger partial charge in [-0.15, -0.1) is 0 Å². The van der Waals surface area contributed by atoms with E-state index in [0.29, 0.717) is 11.3 Å². The largest absolute Gasteiger partial charge is 0.488 e. The van der Waals surface area contributed by atoms with Crippen molar-refractivity contribution < 1.29 is 26.0 Å². The molecule has 0 aliphatic carbocycles. The van der Waals surface area contributed by atoms with Crippen LogP contribution in [0.4, 0.5) is 9.57 Å². The third-order valence-electron chi connectivity index (χ3n) is 2.75. The number of ether oxygens (including phenoxy) is 1. The molecule has 1 aliphatic rings. The van der Waals surface area contributed by atoms with Crippen molar-refractivity contribution in [1.82, 2.24) is 0 Å². The molecule has 1 N–H and O–H groups in total. The minimum Gasteiger partial charge on any atom is -0.458 e. The summed E-state index contributed by atoms with van der Waals surface area (Å²) in [6.07, 6.45) is 0.163. The summed E-state index contributed by atoms with van der Waals surface area (Å²) >= 11 is 0. The highest BCUT2D eigenvalue weighted by Gasteiger charge is 2.33. The Morgan fingerprint density at radius 3 is 2.62 bits per heavy atom. The Balaban J connectivity index is 2.19. The molecule has 8 heteroatoms. The van der Waals surface area contributed by atoms with Crippen molar-refractivity contribution in [2.45, 2.75) is 38.8 Å². The third kappa shape index (κ3) is 4.07. The van der Waals surface area contributed by atoms with Gasteiger partial charge in [-0.2, -0.15) is 8.42 Å². The lowest BCUT2D eigenvalue weighted by Gasteiger charge is -2.22. The molecule has 0 saturated carbocycles. The van der Waals surface area contributed by atoms with Crippen molar-refractivity contribution in [3.8, 4) is 5.75 Å². The Morgan fingerprint density at radius 2 is 2.05 bits per heavy atom. The van der Waals surface area contributed by atoms with Crippen LogP contribution < -0.4 is 9.50 Å². The zero-order valence-electron chi connectivity index (χ0n) is 11.8. The van der Waals surface area contributed by atoms with Crippen molar-refractivity contribution in [1.29, 1.82) is 0 Å². The summed E-state index contributed by atoms with van der Waals surface area (Å²) in [5.74, 6) is -0.596. The van der Waals surface area contributed by atoms with Crippen molar-refractivity contribution in [3.05, 3.63) is 23.8 Å². The summed E-state index contributed by atoms with van der Waals surface area (Å²) in [6, 6.07) is 3.82. The van der Waals surface area contributed by atoms with E-state index in [1.807, 2.05) is 0 Å². The van der Waals surface area contributed by atoms with Gasteiger partial charge in [0, 0.05) is 17.7 Å². The highest BCUT2D eigenvalue weighted by Crippen LogP contribution is 2.35. The Morgan fingerprint density at radius 1 is 1.38 bits per heavy atom. The number of carbonyl (C=O) groups excluding carboxylic acids is 1. The molecule has 0 aromatic heterocycles. The first kappa shape index (κ1) is 15.6. The summed E-state index contributed by atoms with van der Waals surface area (Å²) in [5, 5.41) is 2.91. The van der Waals surface area contributed by atoms with Crippen LogP contribution in [0.3, 0.4) is 0 Å². The van der Waals surface area contributed by atoms with E-state index in [4.69, 9.17) is 4.74 Å². The number of carbonyl (C=O) groups is 1. The van der Waals surface area contributed by atoms with Crippen LogP contribution in [0.5, 0.6) is 5.75 Å². The van der Waals surface area contributed by atoms with E-state index in [1.54, 1.807) is 26.8 Å². The molecule has 0 saturated heterocycles. The maximum Gasteiger partial charge on any atom is 0.488 e. The molecular formula is C13H16FNO5S. The number of anilines is 1. The van der Waals surface area contributed by atoms with E-state index in [1.165, 1.54) is 12.1 Å². The van der Waals surface area contributed by atoms with Crippen molar-refractivity contribution in [3.63, 3.8) is 0 Å². The van der Waals surface area contributed by atoms with E-state index < -0.39 is 28.1 Å². The second-order valence-corrected chi connectivity index (χ2v) is 6.65. The normalized spacial score (nSPS) is 17.8. The molecule has 116 valence electrons. The van der Waals surface area contributed by atoms with Gasteiger partial charge in [0.2, 0.25) is 0 Å². The fourth-order valence-electron chi connectivity index (χ4n) is 2.05. The first-order valence-electron chi connectivity index (χ1n) is 6.30. The van der Waals surface area contributed by atoms with Gasteiger partial charge in [0.1, 0.15) is 11.6 Å². The summed E-state index contributed by atoms with van der Waals surface area (Å²) in [4.78, 5) is 12.0. The average molecular weight is 317 g/mol. The molecule has 1 unspecified atom stereocenters. The predicted molar refractivity (Wildman–Crippen MR) is 74.1 cm³/mol. The van der Waals surface area contributed by atoms with E-state index in [9.17, 15) is 17.1 Å². The van der Waals surface area contributed by atoms with Gasteiger partial charge in [-0.05, 0) is 32.9 Å². The smallest absolute Gasteiger partial charge is 0.458 e. The molecule has 1 aromatic carbocycles. The Hall–Kier alpha value is -1.83. The van der Waals surface area contributed by atoms with Gasteiger partial charge in [0.05, 0.1) is 0 Å². The molecule has 0 bridgehead atoms. The van der Waals surface area contributed by atoms with Crippen LogP contribution in [0.1, 0.15) is 26.3 Å². The molecular weight excluding hydrogens is 301 g/mol. The topological polar surface area (TPSA) is 81.7 Å². The van der Waals surface area contributed by atoms with Crippen LogP contribution in [0.25, 0.3) is 0 Å². The number of hydrogen-bond donors (Lipinski definition) is 1. The predicted octanol–water partition coefficient (Wildman–Crippen LogP) is 1.96. The summed E-state index contributed by atoms with van der Waals surface area (Å²) in [5.41, 5.74) is 0.316. The number of fused-ring (bicyclic) bond motifs is 1. The Bertz CT molecular complexity index is 666. The molecule has 0 radical (unpaired) electrons. The van der Waals surface area contributed by atoms with E-state index in [2.05, 4.69) is 9.50 Å². The SMILES string of the molecule is CC(C)(C)OC(=O)C1Cc2c(cccc2OS(=O)(=O)F)N1. The van der Waals surface area contributed by atoms with Crippen LogP contribution in [0.2, 0.25) is 0 Å². The Kier molecular flexibility index (Phi) is 3.83. The second kappa shape index (κ2) is 5.18. The standard InChI is InChI=1S/C13H16FNO5S/c1-13(2,3)19-12(16)10-7-8-9(15-10)5-4-6-11(8)20-21(14,17)18/h4-6,10,15H,7H2,1-3H3. The number of esters is 1. The first-order chi connectivity index (χ1) is 9.55. The van der Waals surface area contributed by atoms with Gasteiger partial charge in [0.15, 0.2) is 5.75 Å². The van der Waals surface area contributed by atoms with Crippen LogP contribution in [-0.4, -0.2) is 26.0 Å². The van der Waals surface area contributed by atoms with Crippen LogP contribution in [0.15, 0.2) is 18.2 Å². The van der Waals surface area contributed by atoms with Crippen LogP contribution >= 0.6 is 0 Å². The van der Waals surface area contributed by atoms with Crippen LogP contribution in [0, 0.1) is 0 Å². The number of halogens is 1. The maximum absolute atomic E-state index is 12.7. The summed E-state index contributed by atoms with van der Waals surface area (Å²) in [7, 11) is -5.11. The lowest BCUT2D eigenvalue weighted by molar-refractivity contribution is -0.155. The number of hydrogen-bond acceptors (Lipinski definition) is 6. The number of benzene rings is 1. The summed E-state index contributed by atoms with van der Waals surface area (Å²) in [6.45, 7) is 5.24. The van der Waals surface area contributed by atoms with Gasteiger partial charge < -0.3 is 14.2 Å². The number of rotatable bonds is 3. The molecule has 1 aromatic rings. The zero-order chi connectivity index (χ0) is 15.8. The summed E-state index contributed by atoms with van der Waals surface area (Å²) < 4.78 is 43.4. The highest BCUT2D eigenvalue weighted by molar-refractivity contribution is 7.81. The second-order valence-electron chi connectivity index (χ2n) is 5.69. The molecule has 1 atom stereocenters. The van der Waals surface area contributed by atoms with Gasteiger partial charge in [-0.1, -0.05) is 9.95 Å². The quantitative estimate of drug-likeness (QED) is 0.678. The molecule has 6 nitrogen and oxygen atoms in total. The molecule has 2 rings (SSSR count). The Labute approximate surface area is 122 Å². The zero-order valence-corrected chi connectivity index (χ0v) is 12.7. The van der Waals surface area contributed by atoms with Crippen LogP contribution in [-0.2, 0) is 26.5 Å². The van der Waals surface area contributed by atoms with Gasteiger partial charge >= 0.3 is 16.5 Å². The minimum atomic E-state index is -5.11. The van der Waals surface area contributed by atoms with Crippen molar-refractivity contribution in [2.24, 2.45) is 0 Å². The highest BCUT2D eigenvalue weighted by atomic mass is 32.3. The fourth-order valence-corrected chi connectivity index (χ4v) is 2.43. The lowest BCUT2D eigenvalue weighted by atomic mass is 10.1. The van der Waals surface area contributed by atoms with Crippen molar-refractivity contribution >= 4 is 22.2 Å². The molecule has 1 heterocycles. The molecule has 0 fully saturated rings. The molecule has 21 heavy (non-hydrogen) atoms. The molecule has 1 aliphatic heterocycles. The monoisotopic (exact) mass is 317 g/mol. The first-order valence-corrected chi connectivity index (χ1v) is 7.61. The van der Waals surface area contributed by atoms with Crippen molar-refractivity contribution in [2.75, 3.05) is 5.32 Å². The third-order valence-corrected chi connectivity index (χ3v) is 3.13. The van der Waals surface area contributed by atoms with Gasteiger partial charge in [0.25, 0.3) is 0 Å². The number of nitrogens with one attached hydrogen (secondary N) is 1.